The molecule has 0 spiro atoms. The van der Waals surface area contributed by atoms with E-state index in [4.69, 9.17) is 9.47 Å². The number of hydrogen-bond acceptors (Lipinski definition) is 8. The number of pyridine rings is 1. The molecule has 174 valence electrons. The molecule has 0 saturated heterocycles. The molecule has 2 aromatic heterocycles. The summed E-state index contributed by atoms with van der Waals surface area (Å²) in [6, 6.07) is 11.8. The molecule has 3 heterocycles. The number of benzene rings is 2. The fourth-order valence-corrected chi connectivity index (χ4v) is 3.48. The maximum atomic E-state index is 14.7. The smallest absolute Gasteiger partial charge is 0.215 e. The fraction of sp³-hybridized carbons (Fsp3) is 0.0800. The molecule has 1 unspecified atom stereocenters. The lowest BCUT2D eigenvalue weighted by Crippen LogP contribution is -2.17. The van der Waals surface area contributed by atoms with Crippen LogP contribution in [0.5, 0.6) is 5.75 Å². The first-order valence-electron chi connectivity index (χ1n) is 10.4. The van der Waals surface area contributed by atoms with Crippen molar-refractivity contribution in [3.8, 4) is 5.75 Å². The van der Waals surface area contributed by atoms with Crippen molar-refractivity contribution in [1.82, 2.24) is 15.0 Å². The topological polar surface area (TPSA) is 103 Å². The minimum atomic E-state index is -1.18. The number of anilines is 2. The van der Waals surface area contributed by atoms with E-state index in [9.17, 15) is 18.4 Å². The van der Waals surface area contributed by atoms with E-state index in [0.717, 1.165) is 0 Å². The van der Waals surface area contributed by atoms with E-state index in [1.807, 2.05) is 0 Å². The van der Waals surface area contributed by atoms with E-state index < -0.39 is 23.5 Å². The molecule has 1 aliphatic heterocycles. The molecule has 35 heavy (non-hydrogen) atoms. The summed E-state index contributed by atoms with van der Waals surface area (Å²) in [5.74, 6) is -0.936. The summed E-state index contributed by atoms with van der Waals surface area (Å²) < 4.78 is 38.8. The summed E-state index contributed by atoms with van der Waals surface area (Å²) in [6.45, 7) is 0.0131. The van der Waals surface area contributed by atoms with E-state index >= 15 is 0 Å². The van der Waals surface area contributed by atoms with Gasteiger partial charge in [0.1, 0.15) is 36.0 Å². The molecule has 0 bridgehead atoms. The number of fused-ring (bicyclic) bond motifs is 1. The third-order valence-corrected chi connectivity index (χ3v) is 5.18. The lowest BCUT2D eigenvalue weighted by molar-refractivity contribution is -0.126. The molecule has 8 nitrogen and oxygen atoms in total. The van der Waals surface area contributed by atoms with Gasteiger partial charge >= 0.3 is 0 Å². The number of aldehydes is 1. The Bertz CT molecular complexity index is 1490. The zero-order chi connectivity index (χ0) is 24.4. The second-order valence-corrected chi connectivity index (χ2v) is 7.58. The standard InChI is InChI=1S/C25H16F2N4O4/c26-15-3-1-2-14(6-15)12-34-22-5-4-16(7-18(22)27)31-25-17-8-19(28-10-20(17)29-13-30-25)23-9-21(33)24(11-32)35-23/h1-11,13,24H,12H2,(H,29,30,31). The largest absolute Gasteiger partial charge is 0.486 e. The van der Waals surface area contributed by atoms with Crippen molar-refractivity contribution >= 4 is 40.2 Å². The Balaban J connectivity index is 1.37. The molecule has 5 rings (SSSR count). The minimum Gasteiger partial charge on any atom is -0.486 e. The van der Waals surface area contributed by atoms with Crippen molar-refractivity contribution in [3.63, 3.8) is 0 Å². The first-order valence-corrected chi connectivity index (χ1v) is 10.4. The molecule has 0 fully saturated rings. The second kappa shape index (κ2) is 9.26. The highest BCUT2D eigenvalue weighted by Crippen LogP contribution is 2.29. The summed E-state index contributed by atoms with van der Waals surface area (Å²) in [7, 11) is 0. The lowest BCUT2D eigenvalue weighted by Gasteiger charge is -2.12. The molecule has 0 amide bonds. The number of rotatable bonds is 7. The monoisotopic (exact) mass is 474 g/mol. The second-order valence-electron chi connectivity index (χ2n) is 7.58. The molecule has 0 radical (unpaired) electrons. The Kier molecular flexibility index (Phi) is 5.84. The van der Waals surface area contributed by atoms with Gasteiger partial charge in [-0.25, -0.2) is 18.7 Å². The number of hydrogen-bond donors (Lipinski definition) is 1. The van der Waals surface area contributed by atoms with Crippen LogP contribution in [0.2, 0.25) is 0 Å². The average Bonchev–Trinajstić information content (AvgIpc) is 3.24. The van der Waals surface area contributed by atoms with Crippen molar-refractivity contribution < 1.29 is 27.8 Å². The van der Waals surface area contributed by atoms with Gasteiger partial charge in [-0.2, -0.15) is 0 Å². The number of nitrogens with zero attached hydrogens (tertiary/aromatic N) is 3. The van der Waals surface area contributed by atoms with Crippen LogP contribution in [-0.2, 0) is 20.9 Å². The Labute approximate surface area is 197 Å². The van der Waals surface area contributed by atoms with E-state index in [-0.39, 0.29) is 18.1 Å². The quantitative estimate of drug-likeness (QED) is 0.315. The summed E-state index contributed by atoms with van der Waals surface area (Å²) in [5.41, 5.74) is 1.79. The molecule has 1 N–H and O–H groups in total. The van der Waals surface area contributed by atoms with E-state index in [2.05, 4.69) is 20.3 Å². The molecule has 1 atom stereocenters. The highest BCUT2D eigenvalue weighted by molar-refractivity contribution is 6.10. The van der Waals surface area contributed by atoms with Crippen molar-refractivity contribution in [3.05, 3.63) is 90.0 Å². The van der Waals surface area contributed by atoms with E-state index in [1.54, 1.807) is 24.3 Å². The van der Waals surface area contributed by atoms with Gasteiger partial charge in [-0.3, -0.25) is 14.6 Å². The van der Waals surface area contributed by atoms with Gasteiger partial charge in [0, 0.05) is 23.2 Å². The van der Waals surface area contributed by atoms with Crippen molar-refractivity contribution in [2.24, 2.45) is 0 Å². The van der Waals surface area contributed by atoms with E-state index in [0.29, 0.717) is 40.0 Å². The zero-order valence-electron chi connectivity index (χ0n) is 17.9. The maximum Gasteiger partial charge on any atom is 0.215 e. The summed E-state index contributed by atoms with van der Waals surface area (Å²) in [6.07, 6.45) is 3.25. The van der Waals surface area contributed by atoms with Crippen molar-refractivity contribution in [2.45, 2.75) is 12.7 Å². The molecule has 0 saturated carbocycles. The minimum absolute atomic E-state index is 0.0126. The third-order valence-electron chi connectivity index (χ3n) is 5.18. The van der Waals surface area contributed by atoms with Crippen LogP contribution in [0.1, 0.15) is 11.3 Å². The van der Waals surface area contributed by atoms with Crippen LogP contribution >= 0.6 is 0 Å². The Morgan fingerprint density at radius 2 is 1.97 bits per heavy atom. The Morgan fingerprint density at radius 1 is 1.09 bits per heavy atom. The Hall–Kier alpha value is -4.73. The first kappa shape index (κ1) is 22.1. The predicted octanol–water partition coefficient (Wildman–Crippen LogP) is 4.13. The molecule has 10 heteroatoms. The van der Waals surface area contributed by atoms with Gasteiger partial charge in [0.05, 0.1) is 11.7 Å². The summed E-state index contributed by atoms with van der Waals surface area (Å²) in [4.78, 5) is 35.4. The highest BCUT2D eigenvalue weighted by atomic mass is 19.1. The molecular formula is C25H16F2N4O4. The number of carbonyl (C=O) groups excluding carboxylic acids is 2. The highest BCUT2D eigenvalue weighted by Gasteiger charge is 2.28. The van der Waals surface area contributed by atoms with Crippen LogP contribution in [0.4, 0.5) is 20.3 Å². The average molecular weight is 474 g/mol. The summed E-state index contributed by atoms with van der Waals surface area (Å²) >= 11 is 0. The van der Waals surface area contributed by atoms with Crippen LogP contribution < -0.4 is 10.1 Å². The summed E-state index contributed by atoms with van der Waals surface area (Å²) in [5, 5.41) is 3.57. The van der Waals surface area contributed by atoms with Crippen molar-refractivity contribution in [1.29, 1.82) is 0 Å². The van der Waals surface area contributed by atoms with Gasteiger partial charge in [0.25, 0.3) is 0 Å². The zero-order valence-corrected chi connectivity index (χ0v) is 17.9. The number of nitrogens with one attached hydrogen (secondary N) is 1. The normalized spacial score (nSPS) is 15.0. The molecular weight excluding hydrogens is 458 g/mol. The SMILES string of the molecule is O=CC1OC(c2cc3c(Nc4ccc(OCc5cccc(F)c5)c(F)c4)ncnc3cn2)=CC1=O. The number of aromatic nitrogens is 3. The van der Waals surface area contributed by atoms with Crippen LogP contribution in [0, 0.1) is 11.6 Å². The van der Waals surface area contributed by atoms with Crippen LogP contribution in [-0.4, -0.2) is 33.1 Å². The number of halogens is 2. The van der Waals surface area contributed by atoms with Crippen LogP contribution in [0.25, 0.3) is 16.7 Å². The van der Waals surface area contributed by atoms with Gasteiger partial charge in [-0.1, -0.05) is 12.1 Å². The lowest BCUT2D eigenvalue weighted by atomic mass is 10.2. The third kappa shape index (κ3) is 4.67. The van der Waals surface area contributed by atoms with E-state index in [1.165, 1.54) is 42.9 Å². The molecule has 1 aliphatic rings. The van der Waals surface area contributed by atoms with Gasteiger partial charge in [0.15, 0.2) is 17.9 Å². The number of ketones is 1. The number of ether oxygens (including phenoxy) is 2. The van der Waals surface area contributed by atoms with Crippen LogP contribution in [0.3, 0.4) is 0 Å². The molecule has 2 aromatic carbocycles. The maximum absolute atomic E-state index is 14.7. The predicted molar refractivity (Wildman–Crippen MR) is 122 cm³/mol. The Morgan fingerprint density at radius 3 is 2.74 bits per heavy atom. The molecule has 4 aromatic rings. The van der Waals surface area contributed by atoms with Gasteiger partial charge in [-0.15, -0.1) is 0 Å². The van der Waals surface area contributed by atoms with Gasteiger partial charge in [0.2, 0.25) is 11.9 Å². The number of carbonyl (C=O) groups is 2. The molecule has 0 aliphatic carbocycles. The van der Waals surface area contributed by atoms with Gasteiger partial charge < -0.3 is 14.8 Å². The first-order chi connectivity index (χ1) is 17.0. The van der Waals surface area contributed by atoms with Crippen molar-refractivity contribution in [2.75, 3.05) is 5.32 Å². The van der Waals surface area contributed by atoms with Crippen LogP contribution in [0.15, 0.2) is 67.1 Å². The fourth-order valence-electron chi connectivity index (χ4n) is 3.48. The van der Waals surface area contributed by atoms with Gasteiger partial charge in [-0.05, 0) is 35.9 Å².